The minimum absolute atomic E-state index is 0.0676. The molecule has 4 aromatic rings. The summed E-state index contributed by atoms with van der Waals surface area (Å²) in [5.74, 6) is -0.0291. The zero-order valence-electron chi connectivity index (χ0n) is 16.3. The van der Waals surface area contributed by atoms with Crippen LogP contribution in [0.1, 0.15) is 13.3 Å². The lowest BCUT2D eigenvalue weighted by Gasteiger charge is -2.07. The van der Waals surface area contributed by atoms with Crippen molar-refractivity contribution in [2.45, 2.75) is 18.2 Å². The van der Waals surface area contributed by atoms with Gasteiger partial charge in [0.25, 0.3) is 11.6 Å². The molecule has 0 unspecified atom stereocenters. The number of halogens is 1. The quantitative estimate of drug-likeness (QED) is 0.457. The molecule has 0 aliphatic heterocycles. The summed E-state index contributed by atoms with van der Waals surface area (Å²) in [5, 5.41) is 5.16. The second-order valence-corrected chi connectivity index (χ2v) is 8.03. The highest BCUT2D eigenvalue weighted by atomic mass is 32.2. The van der Waals surface area contributed by atoms with Crippen LogP contribution in [0.15, 0.2) is 57.8 Å². The Kier molecular flexibility index (Phi) is 5.53. The van der Waals surface area contributed by atoms with Crippen LogP contribution in [0.25, 0.3) is 22.7 Å². The molecular formula is C20H17FN4O5S. The smallest absolute Gasteiger partial charge is 0.328 e. The Bertz CT molecular complexity index is 1360. The number of ether oxygens (including phenoxy) is 2. The predicted octanol–water partition coefficient (Wildman–Crippen LogP) is 3.65. The van der Waals surface area contributed by atoms with E-state index in [2.05, 4.69) is 15.0 Å². The Morgan fingerprint density at radius 2 is 1.90 bits per heavy atom. The topological polar surface area (TPSA) is 130 Å². The van der Waals surface area contributed by atoms with Crippen LogP contribution in [0.5, 0.6) is 17.6 Å². The predicted molar refractivity (Wildman–Crippen MR) is 109 cm³/mol. The summed E-state index contributed by atoms with van der Waals surface area (Å²) >= 11 is 0. The molecule has 0 spiro atoms. The largest absolute Gasteiger partial charge is 0.476 e. The van der Waals surface area contributed by atoms with E-state index in [4.69, 9.17) is 19.0 Å². The first kappa shape index (κ1) is 20.7. The lowest BCUT2D eigenvalue weighted by molar-refractivity contribution is 0.302. The standard InChI is InChI=1S/C20H17FN4O5S/c1-2-9-28-18-16-19(30-17(23-16)12-5-3-6-13(21)10-12)25-20(24-18)29-14-7-4-8-15(11-14)31(22,26)27/h3-8,10-11H,2,9H2,1H3,(H2,22,26,27). The van der Waals surface area contributed by atoms with Crippen LogP contribution in [-0.4, -0.2) is 30.0 Å². The minimum atomic E-state index is -3.91. The number of primary sulfonamides is 1. The number of hydrogen-bond acceptors (Lipinski definition) is 8. The third-order valence-electron chi connectivity index (χ3n) is 4.06. The van der Waals surface area contributed by atoms with E-state index in [1.165, 1.54) is 42.5 Å². The van der Waals surface area contributed by atoms with Gasteiger partial charge in [-0.05, 0) is 36.8 Å². The van der Waals surface area contributed by atoms with Crippen molar-refractivity contribution in [2.75, 3.05) is 6.61 Å². The van der Waals surface area contributed by atoms with E-state index in [0.717, 1.165) is 0 Å². The van der Waals surface area contributed by atoms with Crippen molar-refractivity contribution in [1.82, 2.24) is 15.0 Å². The zero-order valence-corrected chi connectivity index (χ0v) is 17.1. The van der Waals surface area contributed by atoms with Crippen molar-refractivity contribution in [2.24, 2.45) is 5.14 Å². The Morgan fingerprint density at radius 3 is 2.65 bits per heavy atom. The minimum Gasteiger partial charge on any atom is -0.476 e. The molecule has 2 heterocycles. The van der Waals surface area contributed by atoms with E-state index in [-0.39, 0.29) is 39.7 Å². The van der Waals surface area contributed by atoms with Gasteiger partial charge in [0, 0.05) is 11.6 Å². The molecule has 0 aliphatic carbocycles. The summed E-state index contributed by atoms with van der Waals surface area (Å²) in [7, 11) is -3.91. The fourth-order valence-corrected chi connectivity index (χ4v) is 3.24. The molecular weight excluding hydrogens is 427 g/mol. The average molecular weight is 444 g/mol. The molecule has 160 valence electrons. The maximum atomic E-state index is 13.6. The van der Waals surface area contributed by atoms with Gasteiger partial charge in [-0.3, -0.25) is 0 Å². The van der Waals surface area contributed by atoms with Crippen LogP contribution in [0.4, 0.5) is 4.39 Å². The summed E-state index contributed by atoms with van der Waals surface area (Å²) in [6, 6.07) is 11.2. The highest BCUT2D eigenvalue weighted by molar-refractivity contribution is 7.89. The van der Waals surface area contributed by atoms with Gasteiger partial charge in [0.2, 0.25) is 15.9 Å². The molecule has 2 N–H and O–H groups in total. The van der Waals surface area contributed by atoms with Crippen molar-refractivity contribution in [3.8, 4) is 29.1 Å². The fraction of sp³-hybridized carbons (Fsp3) is 0.150. The molecule has 4 rings (SSSR count). The summed E-state index contributed by atoms with van der Waals surface area (Å²) in [6.45, 7) is 2.28. The van der Waals surface area contributed by atoms with Gasteiger partial charge in [-0.1, -0.05) is 19.1 Å². The summed E-state index contributed by atoms with van der Waals surface area (Å²) < 4.78 is 53.7. The lowest BCUT2D eigenvalue weighted by atomic mass is 10.2. The van der Waals surface area contributed by atoms with Gasteiger partial charge >= 0.3 is 6.01 Å². The van der Waals surface area contributed by atoms with E-state index in [0.29, 0.717) is 18.6 Å². The number of nitrogens with two attached hydrogens (primary N) is 1. The van der Waals surface area contributed by atoms with Crippen LogP contribution in [0.2, 0.25) is 0 Å². The van der Waals surface area contributed by atoms with E-state index in [9.17, 15) is 12.8 Å². The van der Waals surface area contributed by atoms with Gasteiger partial charge < -0.3 is 13.9 Å². The maximum absolute atomic E-state index is 13.6. The zero-order chi connectivity index (χ0) is 22.0. The number of hydrogen-bond donors (Lipinski definition) is 1. The summed E-state index contributed by atoms with van der Waals surface area (Å²) in [6.07, 6.45) is 0.715. The van der Waals surface area contributed by atoms with Gasteiger partial charge in [-0.15, -0.1) is 0 Å². The Balaban J connectivity index is 1.76. The molecule has 31 heavy (non-hydrogen) atoms. The molecule has 0 bridgehead atoms. The van der Waals surface area contributed by atoms with Gasteiger partial charge in [-0.2, -0.15) is 9.97 Å². The third kappa shape index (κ3) is 4.62. The monoisotopic (exact) mass is 444 g/mol. The molecule has 2 aromatic heterocycles. The van der Waals surface area contributed by atoms with E-state index in [1.54, 1.807) is 6.07 Å². The highest BCUT2D eigenvalue weighted by Crippen LogP contribution is 2.31. The number of fused-ring (bicyclic) bond motifs is 1. The van der Waals surface area contributed by atoms with Crippen LogP contribution < -0.4 is 14.6 Å². The summed E-state index contributed by atoms with van der Waals surface area (Å²) in [4.78, 5) is 12.6. The first-order chi connectivity index (χ1) is 14.8. The van der Waals surface area contributed by atoms with Crippen molar-refractivity contribution < 1.29 is 26.7 Å². The highest BCUT2D eigenvalue weighted by Gasteiger charge is 2.19. The molecule has 11 heteroatoms. The number of sulfonamides is 1. The summed E-state index contributed by atoms with van der Waals surface area (Å²) in [5.41, 5.74) is 0.735. The first-order valence-electron chi connectivity index (χ1n) is 9.21. The molecule has 0 saturated carbocycles. The van der Waals surface area contributed by atoms with Crippen molar-refractivity contribution in [1.29, 1.82) is 0 Å². The van der Waals surface area contributed by atoms with Gasteiger partial charge in [0.1, 0.15) is 11.6 Å². The number of aromatic nitrogens is 3. The fourth-order valence-electron chi connectivity index (χ4n) is 2.69. The van der Waals surface area contributed by atoms with Gasteiger partial charge in [-0.25, -0.2) is 22.9 Å². The SMILES string of the molecule is CCCOc1nc(Oc2cccc(S(N)(=O)=O)c2)nc2oc(-c3cccc(F)c3)nc12. The Morgan fingerprint density at radius 1 is 1.10 bits per heavy atom. The number of nitrogens with zero attached hydrogens (tertiary/aromatic N) is 3. The molecule has 0 aliphatic rings. The Hall–Kier alpha value is -3.57. The molecule has 9 nitrogen and oxygen atoms in total. The first-order valence-corrected chi connectivity index (χ1v) is 10.8. The van der Waals surface area contributed by atoms with E-state index >= 15 is 0 Å². The van der Waals surface area contributed by atoms with Crippen LogP contribution in [0, 0.1) is 5.82 Å². The van der Waals surface area contributed by atoms with Crippen molar-refractivity contribution in [3.63, 3.8) is 0 Å². The normalized spacial score (nSPS) is 11.6. The van der Waals surface area contributed by atoms with E-state index < -0.39 is 15.8 Å². The van der Waals surface area contributed by atoms with Crippen molar-refractivity contribution in [3.05, 3.63) is 54.3 Å². The number of benzene rings is 2. The third-order valence-corrected chi connectivity index (χ3v) is 4.97. The number of rotatable bonds is 7. The van der Waals surface area contributed by atoms with Crippen LogP contribution in [0.3, 0.4) is 0 Å². The molecule has 0 atom stereocenters. The lowest BCUT2D eigenvalue weighted by Crippen LogP contribution is -2.12. The molecule has 2 aromatic carbocycles. The molecule has 0 fully saturated rings. The average Bonchev–Trinajstić information content (AvgIpc) is 3.16. The van der Waals surface area contributed by atoms with Gasteiger partial charge in [0.05, 0.1) is 11.5 Å². The number of oxazole rings is 1. The van der Waals surface area contributed by atoms with Gasteiger partial charge in [0.15, 0.2) is 5.52 Å². The molecule has 0 saturated heterocycles. The van der Waals surface area contributed by atoms with Crippen LogP contribution >= 0.6 is 0 Å². The van der Waals surface area contributed by atoms with Crippen LogP contribution in [-0.2, 0) is 10.0 Å². The van der Waals surface area contributed by atoms with Crippen molar-refractivity contribution >= 4 is 21.3 Å². The maximum Gasteiger partial charge on any atom is 0.328 e. The Labute approximate surface area is 176 Å². The second kappa shape index (κ2) is 8.28. The molecule has 0 amide bonds. The van der Waals surface area contributed by atoms with E-state index in [1.807, 2.05) is 6.92 Å². The second-order valence-electron chi connectivity index (χ2n) is 6.46. The molecule has 0 radical (unpaired) electrons.